The monoisotopic (exact) mass is 321 g/mol. The van der Waals surface area contributed by atoms with E-state index in [2.05, 4.69) is 39.6 Å². The molecule has 2 atom stereocenters. The first-order valence-electron chi connectivity index (χ1n) is 10.1. The minimum Gasteiger partial charge on any atom is -0.280 e. The van der Waals surface area contributed by atoms with Gasteiger partial charge in [0.25, 0.3) is 0 Å². The van der Waals surface area contributed by atoms with Gasteiger partial charge in [-0.2, -0.15) is 0 Å². The Bertz CT molecular complexity index is 734. The standard InChI is InChI=1S/C23H31N/c1-14-15(2)17(4)21-20(16(14)3)22-12-8-6-10-18(22)19-11-7-9-13-23(19,21)24(22)5/h6-13H2,1-5H3/t22-,23-/m1/s1. The van der Waals surface area contributed by atoms with Gasteiger partial charge in [-0.05, 0) is 118 Å². The van der Waals surface area contributed by atoms with Crippen LogP contribution in [-0.2, 0) is 11.1 Å². The normalized spacial score (nSPS) is 34.4. The van der Waals surface area contributed by atoms with Crippen molar-refractivity contribution in [3.05, 3.63) is 44.5 Å². The van der Waals surface area contributed by atoms with E-state index in [0.717, 1.165) is 0 Å². The van der Waals surface area contributed by atoms with Gasteiger partial charge in [0.2, 0.25) is 0 Å². The summed E-state index contributed by atoms with van der Waals surface area (Å²) in [6.07, 6.45) is 11.0. The molecule has 4 aliphatic rings. The van der Waals surface area contributed by atoms with E-state index < -0.39 is 0 Å². The van der Waals surface area contributed by atoms with Crippen LogP contribution in [0.5, 0.6) is 0 Å². The molecule has 0 N–H and O–H groups in total. The van der Waals surface area contributed by atoms with E-state index >= 15 is 0 Å². The molecule has 0 saturated heterocycles. The molecule has 1 nitrogen and oxygen atoms in total. The molecule has 2 heterocycles. The van der Waals surface area contributed by atoms with Crippen LogP contribution in [0.2, 0.25) is 0 Å². The quantitative estimate of drug-likeness (QED) is 0.553. The van der Waals surface area contributed by atoms with Crippen LogP contribution in [0.3, 0.4) is 0 Å². The summed E-state index contributed by atoms with van der Waals surface area (Å²) in [6.45, 7) is 9.53. The second kappa shape index (κ2) is 4.55. The van der Waals surface area contributed by atoms with Crippen molar-refractivity contribution in [1.29, 1.82) is 0 Å². The fraction of sp³-hybridized carbons (Fsp3) is 0.652. The van der Waals surface area contributed by atoms with Crippen molar-refractivity contribution in [2.24, 2.45) is 0 Å². The van der Waals surface area contributed by atoms with Crippen molar-refractivity contribution in [3.8, 4) is 0 Å². The van der Waals surface area contributed by atoms with Crippen LogP contribution in [0.25, 0.3) is 0 Å². The highest BCUT2D eigenvalue weighted by molar-refractivity contribution is 5.69. The predicted octanol–water partition coefficient (Wildman–Crippen LogP) is 5.71. The minimum atomic E-state index is 0.251. The lowest BCUT2D eigenvalue weighted by Crippen LogP contribution is -2.45. The molecule has 1 heteroatoms. The first-order chi connectivity index (χ1) is 11.5. The molecule has 2 spiro atoms. The molecule has 0 unspecified atom stereocenters. The molecule has 2 fully saturated rings. The minimum absolute atomic E-state index is 0.251. The molecule has 2 saturated carbocycles. The molecule has 2 aliphatic carbocycles. The number of likely N-dealkylation sites (N-methyl/N-ethyl adjacent to an activating group) is 1. The molecule has 0 aromatic heterocycles. The molecular formula is C23H31N. The van der Waals surface area contributed by atoms with E-state index in [9.17, 15) is 0 Å². The van der Waals surface area contributed by atoms with E-state index in [1.54, 1.807) is 33.4 Å². The molecular weight excluding hydrogens is 290 g/mol. The van der Waals surface area contributed by atoms with E-state index in [1.807, 2.05) is 11.1 Å². The van der Waals surface area contributed by atoms with Gasteiger partial charge in [0.15, 0.2) is 0 Å². The zero-order chi connectivity index (χ0) is 16.9. The maximum atomic E-state index is 2.87. The molecule has 5 rings (SSSR count). The van der Waals surface area contributed by atoms with Crippen LogP contribution in [0.15, 0.2) is 11.1 Å². The highest BCUT2D eigenvalue weighted by atomic mass is 15.3. The summed E-state index contributed by atoms with van der Waals surface area (Å²) < 4.78 is 0. The topological polar surface area (TPSA) is 3.24 Å². The van der Waals surface area contributed by atoms with E-state index in [-0.39, 0.29) is 11.1 Å². The van der Waals surface area contributed by atoms with Gasteiger partial charge in [-0.15, -0.1) is 0 Å². The van der Waals surface area contributed by atoms with Gasteiger partial charge in [0.05, 0.1) is 11.1 Å². The van der Waals surface area contributed by atoms with Gasteiger partial charge in [-0.1, -0.05) is 12.8 Å². The number of benzene rings is 1. The van der Waals surface area contributed by atoms with E-state index in [0.29, 0.717) is 0 Å². The highest BCUT2D eigenvalue weighted by Crippen LogP contribution is 2.70. The lowest BCUT2D eigenvalue weighted by Gasteiger charge is -2.42. The Morgan fingerprint density at radius 3 is 1.46 bits per heavy atom. The second-order valence-electron chi connectivity index (χ2n) is 8.90. The van der Waals surface area contributed by atoms with Gasteiger partial charge in [0.1, 0.15) is 0 Å². The molecule has 0 radical (unpaired) electrons. The average Bonchev–Trinajstić information content (AvgIpc) is 2.95. The summed E-state index contributed by atoms with van der Waals surface area (Å²) in [7, 11) is 2.47. The number of hydrogen-bond donors (Lipinski definition) is 0. The summed E-state index contributed by atoms with van der Waals surface area (Å²) in [4.78, 5) is 2.87. The van der Waals surface area contributed by atoms with Gasteiger partial charge in [-0.25, -0.2) is 0 Å². The van der Waals surface area contributed by atoms with Gasteiger partial charge < -0.3 is 0 Å². The molecule has 24 heavy (non-hydrogen) atoms. The van der Waals surface area contributed by atoms with Crippen LogP contribution < -0.4 is 0 Å². The predicted molar refractivity (Wildman–Crippen MR) is 100 cm³/mol. The Balaban J connectivity index is 1.95. The van der Waals surface area contributed by atoms with Crippen LogP contribution in [0.1, 0.15) is 84.7 Å². The third kappa shape index (κ3) is 1.33. The maximum Gasteiger partial charge on any atom is 0.0691 e. The number of nitrogens with zero attached hydrogens (tertiary/aromatic N) is 1. The SMILES string of the molecule is Cc1c(C)c(C)c2c(c1C)[C@@]13CCCCC1=C1CCCC[C@@]12N3C. The smallest absolute Gasteiger partial charge is 0.0691 e. The summed E-state index contributed by atoms with van der Waals surface area (Å²) in [5, 5.41) is 0. The van der Waals surface area contributed by atoms with Crippen molar-refractivity contribution in [3.63, 3.8) is 0 Å². The fourth-order valence-corrected chi connectivity index (χ4v) is 7.18. The van der Waals surface area contributed by atoms with Crippen molar-refractivity contribution < 1.29 is 0 Å². The first-order valence-corrected chi connectivity index (χ1v) is 10.1. The van der Waals surface area contributed by atoms with Gasteiger partial charge in [-0.3, -0.25) is 4.90 Å². The third-order valence-electron chi connectivity index (χ3n) is 8.45. The molecule has 128 valence electrons. The maximum absolute atomic E-state index is 2.87. The summed E-state index contributed by atoms with van der Waals surface area (Å²) in [6, 6.07) is 0. The van der Waals surface area contributed by atoms with Crippen LogP contribution >= 0.6 is 0 Å². The zero-order valence-corrected chi connectivity index (χ0v) is 16.1. The van der Waals surface area contributed by atoms with Crippen LogP contribution in [0.4, 0.5) is 0 Å². The molecule has 1 aromatic rings. The summed E-state index contributed by atoms with van der Waals surface area (Å²) >= 11 is 0. The molecule has 2 bridgehead atoms. The van der Waals surface area contributed by atoms with E-state index in [1.165, 1.54) is 51.4 Å². The second-order valence-corrected chi connectivity index (χ2v) is 8.90. The summed E-state index contributed by atoms with van der Waals surface area (Å²) in [5.41, 5.74) is 14.0. The lowest BCUT2D eigenvalue weighted by atomic mass is 9.61. The molecule has 1 aromatic carbocycles. The lowest BCUT2D eigenvalue weighted by molar-refractivity contribution is 0.0701. The average molecular weight is 322 g/mol. The zero-order valence-electron chi connectivity index (χ0n) is 16.1. The number of fused-ring (bicyclic) bond motifs is 1. The first kappa shape index (κ1) is 15.2. The van der Waals surface area contributed by atoms with Crippen molar-refractivity contribution in [2.75, 3.05) is 7.05 Å². The van der Waals surface area contributed by atoms with Crippen molar-refractivity contribution >= 4 is 0 Å². The Kier molecular flexibility index (Phi) is 2.88. The Morgan fingerprint density at radius 2 is 1.04 bits per heavy atom. The number of rotatable bonds is 0. The van der Waals surface area contributed by atoms with Crippen LogP contribution in [-0.4, -0.2) is 11.9 Å². The fourth-order valence-electron chi connectivity index (χ4n) is 7.18. The van der Waals surface area contributed by atoms with Gasteiger partial charge in [0, 0.05) is 0 Å². The van der Waals surface area contributed by atoms with Crippen molar-refractivity contribution in [2.45, 2.75) is 90.1 Å². The Morgan fingerprint density at radius 1 is 0.625 bits per heavy atom. The van der Waals surface area contributed by atoms with E-state index in [4.69, 9.17) is 0 Å². The highest BCUT2D eigenvalue weighted by Gasteiger charge is 2.67. The summed E-state index contributed by atoms with van der Waals surface area (Å²) in [5.74, 6) is 0. The number of hydrogen-bond acceptors (Lipinski definition) is 1. The Hall–Kier alpha value is -1.08. The van der Waals surface area contributed by atoms with Crippen LogP contribution in [0, 0.1) is 27.7 Å². The third-order valence-corrected chi connectivity index (χ3v) is 8.45. The van der Waals surface area contributed by atoms with Gasteiger partial charge >= 0.3 is 0 Å². The largest absolute Gasteiger partial charge is 0.280 e. The molecule has 2 aliphatic heterocycles. The van der Waals surface area contributed by atoms with Crippen molar-refractivity contribution in [1.82, 2.24) is 4.90 Å². The Labute approximate surface area is 147 Å². The molecule has 0 amide bonds.